The number of hydrogen-bond donors (Lipinski definition) is 0. The van der Waals surface area contributed by atoms with Crippen molar-refractivity contribution in [3.63, 3.8) is 0 Å². The first-order valence-electron chi connectivity index (χ1n) is 10.3. The molecule has 1 aliphatic rings. The molecule has 1 aliphatic carbocycles. The minimum Gasteiger partial charge on any atom is -0.206 e. The van der Waals surface area contributed by atoms with E-state index in [1.54, 1.807) is 6.07 Å². The Morgan fingerprint density at radius 2 is 1.48 bits per heavy atom. The van der Waals surface area contributed by atoms with E-state index in [9.17, 15) is 30.7 Å². The van der Waals surface area contributed by atoms with Crippen LogP contribution in [0, 0.1) is 29.2 Å². The third kappa shape index (κ3) is 5.31. The average molecular weight is 444 g/mol. The van der Waals surface area contributed by atoms with Crippen LogP contribution in [-0.4, -0.2) is 0 Å². The first kappa shape index (κ1) is 23.4. The van der Waals surface area contributed by atoms with E-state index < -0.39 is 35.0 Å². The summed E-state index contributed by atoms with van der Waals surface area (Å²) in [6, 6.07) is 4.15. The largest absolute Gasteiger partial charge is 0.422 e. The summed E-state index contributed by atoms with van der Waals surface area (Å²) in [4.78, 5) is 0. The molecule has 31 heavy (non-hydrogen) atoms. The molecule has 2 aromatic carbocycles. The first-order valence-corrected chi connectivity index (χ1v) is 10.3. The molecule has 0 amide bonds. The predicted molar refractivity (Wildman–Crippen MR) is 105 cm³/mol. The lowest BCUT2D eigenvalue weighted by atomic mass is 9.78. The Kier molecular flexibility index (Phi) is 7.12. The predicted octanol–water partition coefficient (Wildman–Crippen LogP) is 7.90. The number of halogens is 7. The van der Waals surface area contributed by atoms with E-state index >= 15 is 0 Å². The van der Waals surface area contributed by atoms with Crippen LogP contribution in [0.2, 0.25) is 0 Å². The molecule has 0 nitrogen and oxygen atoms in total. The van der Waals surface area contributed by atoms with E-state index in [0.717, 1.165) is 25.7 Å². The monoisotopic (exact) mass is 444 g/mol. The van der Waals surface area contributed by atoms with E-state index in [4.69, 9.17) is 0 Å². The molecule has 0 bridgehead atoms. The quantitative estimate of drug-likeness (QED) is 0.325. The van der Waals surface area contributed by atoms with E-state index in [2.05, 4.69) is 6.08 Å². The van der Waals surface area contributed by atoms with Crippen molar-refractivity contribution in [3.8, 4) is 0 Å². The topological polar surface area (TPSA) is 0 Å². The number of alkyl halides is 3. The minimum absolute atomic E-state index is 0.0181. The summed E-state index contributed by atoms with van der Waals surface area (Å²) in [5, 5.41) is 0. The van der Waals surface area contributed by atoms with Crippen LogP contribution in [0.5, 0.6) is 0 Å². The third-order valence-electron chi connectivity index (χ3n) is 5.94. The van der Waals surface area contributed by atoms with Gasteiger partial charge < -0.3 is 0 Å². The molecule has 0 aromatic heterocycles. The Hall–Kier alpha value is -2.31. The molecule has 0 radical (unpaired) electrons. The second kappa shape index (κ2) is 9.45. The lowest BCUT2D eigenvalue weighted by Crippen LogP contribution is -2.14. The molecule has 0 unspecified atom stereocenters. The second-order valence-corrected chi connectivity index (χ2v) is 8.01. The third-order valence-corrected chi connectivity index (χ3v) is 5.94. The van der Waals surface area contributed by atoms with E-state index in [1.807, 2.05) is 13.0 Å². The van der Waals surface area contributed by atoms with Crippen LogP contribution >= 0.6 is 0 Å². The highest BCUT2D eigenvalue weighted by atomic mass is 19.4. The van der Waals surface area contributed by atoms with Crippen LogP contribution in [0.25, 0.3) is 0 Å². The van der Waals surface area contributed by atoms with Crippen LogP contribution in [0.1, 0.15) is 60.8 Å². The van der Waals surface area contributed by atoms with Gasteiger partial charge in [-0.2, -0.15) is 13.2 Å². The Morgan fingerprint density at radius 3 is 2.03 bits per heavy atom. The average Bonchev–Trinajstić information content (AvgIpc) is 2.68. The highest BCUT2D eigenvalue weighted by Crippen LogP contribution is 2.38. The zero-order valence-electron chi connectivity index (χ0n) is 17.0. The molecule has 0 aliphatic heterocycles. The van der Waals surface area contributed by atoms with Gasteiger partial charge in [0, 0.05) is 0 Å². The van der Waals surface area contributed by atoms with Crippen LogP contribution in [-0.2, 0) is 19.0 Å². The maximum Gasteiger partial charge on any atom is 0.422 e. The van der Waals surface area contributed by atoms with Crippen LogP contribution < -0.4 is 0 Å². The Morgan fingerprint density at radius 1 is 0.871 bits per heavy atom. The highest BCUT2D eigenvalue weighted by molar-refractivity contribution is 5.32. The Bertz CT molecular complexity index is 928. The first-order chi connectivity index (χ1) is 14.6. The summed E-state index contributed by atoms with van der Waals surface area (Å²) < 4.78 is 94.7. The molecular weight excluding hydrogens is 421 g/mol. The van der Waals surface area contributed by atoms with Crippen molar-refractivity contribution in [2.45, 2.75) is 57.5 Å². The molecule has 0 heterocycles. The number of allylic oxidation sites excluding steroid dienone is 2. The van der Waals surface area contributed by atoms with Crippen molar-refractivity contribution in [1.82, 2.24) is 0 Å². The molecule has 2 aromatic rings. The minimum atomic E-state index is -5.15. The van der Waals surface area contributed by atoms with Gasteiger partial charge in [0.1, 0.15) is 17.2 Å². The number of rotatable bonds is 5. The fraction of sp³-hybridized carbons (Fsp3) is 0.417. The molecule has 3 rings (SSSR count). The van der Waals surface area contributed by atoms with Crippen molar-refractivity contribution < 1.29 is 30.7 Å². The molecule has 1 fully saturated rings. The van der Waals surface area contributed by atoms with Gasteiger partial charge in [-0.25, -0.2) is 17.6 Å². The summed E-state index contributed by atoms with van der Waals surface area (Å²) in [6.07, 6.45) is 2.08. The number of benzene rings is 2. The Labute approximate surface area is 176 Å². The van der Waals surface area contributed by atoms with Crippen molar-refractivity contribution in [1.29, 1.82) is 0 Å². The summed E-state index contributed by atoms with van der Waals surface area (Å²) in [7, 11) is 0. The Balaban J connectivity index is 1.72. The van der Waals surface area contributed by atoms with Gasteiger partial charge in [-0.3, -0.25) is 0 Å². The van der Waals surface area contributed by atoms with Crippen LogP contribution in [0.4, 0.5) is 30.7 Å². The fourth-order valence-electron chi connectivity index (χ4n) is 4.33. The standard InChI is InChI=1S/C24H23F7/c1-2-3-14-4-7-16(8-5-14)18-11-10-17(22(27)23(18)28)9-6-15-12-19(25)21(20(26)13-15)24(29,30)31/h2-3,10-14,16H,4-9H2,1H3/b3-2+. The highest BCUT2D eigenvalue weighted by Gasteiger charge is 2.37. The lowest BCUT2D eigenvalue weighted by molar-refractivity contribution is -0.142. The van der Waals surface area contributed by atoms with Crippen molar-refractivity contribution >= 4 is 0 Å². The normalized spacial score (nSPS) is 19.9. The maximum absolute atomic E-state index is 14.7. The lowest BCUT2D eigenvalue weighted by Gasteiger charge is -2.27. The SMILES string of the molecule is C/C=C/C1CCC(c2ccc(CCc3cc(F)c(C(F)(F)F)c(F)c3)c(F)c2F)CC1. The molecular formula is C24H23F7. The van der Waals surface area contributed by atoms with Crippen molar-refractivity contribution in [2.75, 3.05) is 0 Å². The molecule has 0 N–H and O–H groups in total. The molecule has 168 valence electrons. The van der Waals surface area contributed by atoms with E-state index in [0.29, 0.717) is 23.6 Å². The summed E-state index contributed by atoms with van der Waals surface area (Å²) >= 11 is 0. The smallest absolute Gasteiger partial charge is 0.206 e. The van der Waals surface area contributed by atoms with Crippen molar-refractivity contribution in [2.24, 2.45) is 5.92 Å². The van der Waals surface area contributed by atoms with Crippen LogP contribution in [0.15, 0.2) is 36.4 Å². The van der Waals surface area contributed by atoms with Gasteiger partial charge in [-0.15, -0.1) is 0 Å². The van der Waals surface area contributed by atoms with Gasteiger partial charge in [-0.1, -0.05) is 24.3 Å². The summed E-state index contributed by atoms with van der Waals surface area (Å²) in [5.41, 5.74) is -1.67. The van der Waals surface area contributed by atoms with Gasteiger partial charge in [0.2, 0.25) is 0 Å². The molecule has 7 heteroatoms. The van der Waals surface area contributed by atoms with Gasteiger partial charge in [0.15, 0.2) is 11.6 Å². The second-order valence-electron chi connectivity index (χ2n) is 8.01. The molecule has 0 saturated heterocycles. The fourth-order valence-corrected chi connectivity index (χ4v) is 4.33. The summed E-state index contributed by atoms with van der Waals surface area (Å²) in [5.74, 6) is -4.99. The van der Waals surface area contributed by atoms with Crippen molar-refractivity contribution in [3.05, 3.63) is 81.9 Å². The van der Waals surface area contributed by atoms with Crippen LogP contribution in [0.3, 0.4) is 0 Å². The summed E-state index contributed by atoms with van der Waals surface area (Å²) in [6.45, 7) is 1.95. The van der Waals surface area contributed by atoms with Gasteiger partial charge in [-0.05, 0) is 86.1 Å². The maximum atomic E-state index is 14.7. The molecule has 0 atom stereocenters. The van der Waals surface area contributed by atoms with E-state index in [-0.39, 0.29) is 29.9 Å². The molecule has 1 saturated carbocycles. The van der Waals surface area contributed by atoms with Gasteiger partial charge >= 0.3 is 6.18 Å². The molecule has 0 spiro atoms. The van der Waals surface area contributed by atoms with Gasteiger partial charge in [0.25, 0.3) is 0 Å². The zero-order valence-corrected chi connectivity index (χ0v) is 17.0. The number of aryl methyl sites for hydroxylation is 2. The number of hydrogen-bond acceptors (Lipinski definition) is 0. The van der Waals surface area contributed by atoms with E-state index in [1.165, 1.54) is 6.07 Å². The zero-order chi connectivity index (χ0) is 22.8. The van der Waals surface area contributed by atoms with Gasteiger partial charge in [0.05, 0.1) is 0 Å².